The number of anilines is 1. The van der Waals surface area contributed by atoms with Crippen LogP contribution in [0.2, 0.25) is 5.02 Å². The van der Waals surface area contributed by atoms with E-state index < -0.39 is 6.10 Å². The third-order valence-electron chi connectivity index (χ3n) is 6.04. The molecule has 2 aromatic rings. The Morgan fingerprint density at radius 3 is 2.58 bits per heavy atom. The number of rotatable bonds is 6. The molecule has 2 fully saturated rings. The summed E-state index contributed by atoms with van der Waals surface area (Å²) in [6.45, 7) is 3.22. The average Bonchev–Trinajstić information content (AvgIpc) is 3.10. The second kappa shape index (κ2) is 9.90. The number of hydrogen-bond donors (Lipinski definition) is 2. The zero-order valence-electron chi connectivity index (χ0n) is 17.7. The lowest BCUT2D eigenvalue weighted by atomic mass is 10.0. The van der Waals surface area contributed by atoms with E-state index in [0.29, 0.717) is 16.5 Å². The highest BCUT2D eigenvalue weighted by atomic mass is 35.5. The van der Waals surface area contributed by atoms with Gasteiger partial charge in [-0.15, -0.1) is 0 Å². The zero-order chi connectivity index (χ0) is 21.8. The van der Waals surface area contributed by atoms with E-state index in [2.05, 4.69) is 10.2 Å². The molecule has 0 spiro atoms. The van der Waals surface area contributed by atoms with Crippen LogP contribution in [0, 0.1) is 0 Å². The first-order chi connectivity index (χ1) is 15.0. The van der Waals surface area contributed by atoms with E-state index >= 15 is 0 Å². The lowest BCUT2D eigenvalue weighted by Crippen LogP contribution is -2.49. The molecule has 2 aliphatic rings. The van der Waals surface area contributed by atoms with Crippen molar-refractivity contribution in [2.24, 2.45) is 0 Å². The summed E-state index contributed by atoms with van der Waals surface area (Å²) in [5, 5.41) is 14.4. The molecular weight excluding hydrogens is 416 g/mol. The number of aliphatic hydroxyl groups is 1. The van der Waals surface area contributed by atoms with E-state index in [-0.39, 0.29) is 24.2 Å². The third-order valence-corrected chi connectivity index (χ3v) is 6.28. The predicted octanol–water partition coefficient (Wildman–Crippen LogP) is 4.11. The van der Waals surface area contributed by atoms with E-state index in [0.717, 1.165) is 44.5 Å². The molecular formula is C24H29ClN2O4. The second-order valence-corrected chi connectivity index (χ2v) is 8.72. The van der Waals surface area contributed by atoms with Crippen LogP contribution >= 0.6 is 11.6 Å². The van der Waals surface area contributed by atoms with E-state index in [1.165, 1.54) is 6.92 Å². The maximum atomic E-state index is 11.4. The van der Waals surface area contributed by atoms with Gasteiger partial charge in [0.1, 0.15) is 29.8 Å². The molecule has 4 rings (SSSR count). The minimum absolute atomic E-state index is 0.0741. The van der Waals surface area contributed by atoms with Gasteiger partial charge in [0.25, 0.3) is 0 Å². The van der Waals surface area contributed by atoms with Gasteiger partial charge in [0.05, 0.1) is 5.69 Å². The van der Waals surface area contributed by atoms with Crippen molar-refractivity contribution in [3.63, 3.8) is 0 Å². The fraction of sp³-hybridized carbons (Fsp3) is 0.458. The molecule has 1 saturated heterocycles. The van der Waals surface area contributed by atoms with Crippen molar-refractivity contribution in [2.45, 2.75) is 57.0 Å². The molecule has 7 heteroatoms. The molecule has 166 valence electrons. The van der Waals surface area contributed by atoms with Crippen LogP contribution in [-0.4, -0.2) is 53.4 Å². The molecule has 6 nitrogen and oxygen atoms in total. The van der Waals surface area contributed by atoms with Gasteiger partial charge >= 0.3 is 0 Å². The molecule has 0 aromatic heterocycles. The standard InChI is InChI=1S/C24H29ClN2O4/c1-16(28)26-20-7-2-3-8-22(20)31-23-10-9-21(24(23)29)27-13-11-18(12-14-27)30-19-6-4-5-17(25)15-19/h2-8,15,18,21,23-24,29H,9-14H2,1H3,(H,26,28)/t21-,23+,24-/m1/s1. The number of halogens is 1. The number of likely N-dealkylation sites (tertiary alicyclic amines) is 1. The summed E-state index contributed by atoms with van der Waals surface area (Å²) in [5.74, 6) is 1.25. The molecule has 1 saturated carbocycles. The molecule has 3 atom stereocenters. The van der Waals surface area contributed by atoms with Gasteiger partial charge in [0.15, 0.2) is 0 Å². The number of nitrogens with zero attached hydrogens (tertiary/aromatic N) is 1. The first kappa shape index (κ1) is 21.9. The highest BCUT2D eigenvalue weighted by Gasteiger charge is 2.41. The number of carbonyl (C=O) groups is 1. The zero-order valence-corrected chi connectivity index (χ0v) is 18.4. The summed E-state index contributed by atoms with van der Waals surface area (Å²) in [4.78, 5) is 13.8. The summed E-state index contributed by atoms with van der Waals surface area (Å²) < 4.78 is 12.2. The SMILES string of the molecule is CC(=O)Nc1ccccc1O[C@H]1CC[C@@H](N2CCC(Oc3cccc(Cl)c3)CC2)[C@H]1O. The monoisotopic (exact) mass is 444 g/mol. The molecule has 1 aliphatic carbocycles. The Morgan fingerprint density at radius 1 is 1.06 bits per heavy atom. The maximum Gasteiger partial charge on any atom is 0.221 e. The average molecular weight is 445 g/mol. The van der Waals surface area contributed by atoms with Gasteiger partial charge in [0.2, 0.25) is 5.91 Å². The highest BCUT2D eigenvalue weighted by molar-refractivity contribution is 6.30. The highest BCUT2D eigenvalue weighted by Crippen LogP contribution is 2.33. The minimum Gasteiger partial charge on any atom is -0.490 e. The number of amides is 1. The Labute approximate surface area is 188 Å². The smallest absolute Gasteiger partial charge is 0.221 e. The lowest BCUT2D eigenvalue weighted by Gasteiger charge is -2.37. The van der Waals surface area contributed by atoms with Gasteiger partial charge in [-0.25, -0.2) is 0 Å². The second-order valence-electron chi connectivity index (χ2n) is 8.28. The Balaban J connectivity index is 1.31. The van der Waals surface area contributed by atoms with Crippen molar-refractivity contribution in [3.8, 4) is 11.5 Å². The van der Waals surface area contributed by atoms with Crippen molar-refractivity contribution in [3.05, 3.63) is 53.6 Å². The summed E-state index contributed by atoms with van der Waals surface area (Å²) in [6, 6.07) is 14.9. The molecule has 2 N–H and O–H groups in total. The van der Waals surface area contributed by atoms with Crippen LogP contribution in [0.3, 0.4) is 0 Å². The van der Waals surface area contributed by atoms with Gasteiger partial charge in [-0.3, -0.25) is 9.69 Å². The predicted molar refractivity (Wildman–Crippen MR) is 121 cm³/mol. The Bertz CT molecular complexity index is 901. The molecule has 31 heavy (non-hydrogen) atoms. The third kappa shape index (κ3) is 5.50. The molecule has 0 unspecified atom stereocenters. The van der Waals surface area contributed by atoms with Gasteiger partial charge in [-0.2, -0.15) is 0 Å². The van der Waals surface area contributed by atoms with Crippen LogP contribution in [0.5, 0.6) is 11.5 Å². The van der Waals surface area contributed by atoms with Crippen LogP contribution < -0.4 is 14.8 Å². The van der Waals surface area contributed by atoms with Crippen molar-refractivity contribution in [2.75, 3.05) is 18.4 Å². The first-order valence-corrected chi connectivity index (χ1v) is 11.2. The van der Waals surface area contributed by atoms with Crippen LogP contribution in [0.1, 0.15) is 32.6 Å². The Morgan fingerprint density at radius 2 is 1.84 bits per heavy atom. The first-order valence-electron chi connectivity index (χ1n) is 10.9. The summed E-state index contributed by atoms with van der Waals surface area (Å²) >= 11 is 6.05. The molecule has 0 bridgehead atoms. The van der Waals surface area contributed by atoms with Crippen molar-refractivity contribution >= 4 is 23.2 Å². The van der Waals surface area contributed by atoms with Crippen LogP contribution in [0.4, 0.5) is 5.69 Å². The number of carbonyl (C=O) groups excluding carboxylic acids is 1. The Hall–Kier alpha value is -2.28. The molecule has 1 amide bonds. The van der Waals surface area contributed by atoms with Gasteiger partial charge in [-0.1, -0.05) is 29.8 Å². The fourth-order valence-corrected chi connectivity index (χ4v) is 4.72. The maximum absolute atomic E-state index is 11.4. The topological polar surface area (TPSA) is 71.0 Å². The lowest BCUT2D eigenvalue weighted by molar-refractivity contribution is -0.114. The van der Waals surface area contributed by atoms with Crippen LogP contribution in [0.15, 0.2) is 48.5 Å². The number of benzene rings is 2. The number of aliphatic hydroxyl groups excluding tert-OH is 1. The van der Waals surface area contributed by atoms with E-state index in [1.54, 1.807) is 6.07 Å². The van der Waals surface area contributed by atoms with Crippen molar-refractivity contribution in [1.82, 2.24) is 4.90 Å². The largest absolute Gasteiger partial charge is 0.490 e. The van der Waals surface area contributed by atoms with E-state index in [4.69, 9.17) is 21.1 Å². The summed E-state index contributed by atoms with van der Waals surface area (Å²) in [5.41, 5.74) is 0.629. The number of nitrogens with one attached hydrogen (secondary N) is 1. The van der Waals surface area contributed by atoms with E-state index in [9.17, 15) is 9.90 Å². The quantitative estimate of drug-likeness (QED) is 0.701. The van der Waals surface area contributed by atoms with Gasteiger partial charge in [0, 0.05) is 31.1 Å². The van der Waals surface area contributed by atoms with Gasteiger partial charge < -0.3 is 19.9 Å². The van der Waals surface area contributed by atoms with E-state index in [1.807, 2.05) is 42.5 Å². The van der Waals surface area contributed by atoms with Crippen LogP contribution in [-0.2, 0) is 4.79 Å². The summed E-state index contributed by atoms with van der Waals surface area (Å²) in [7, 11) is 0. The number of hydrogen-bond acceptors (Lipinski definition) is 5. The number of para-hydroxylation sites is 2. The minimum atomic E-state index is -0.573. The van der Waals surface area contributed by atoms with Gasteiger partial charge in [-0.05, 0) is 56.0 Å². The molecule has 1 aliphatic heterocycles. The van der Waals surface area contributed by atoms with Crippen molar-refractivity contribution < 1.29 is 19.4 Å². The molecule has 0 radical (unpaired) electrons. The van der Waals surface area contributed by atoms with Crippen LogP contribution in [0.25, 0.3) is 0 Å². The number of piperidine rings is 1. The molecule has 1 heterocycles. The Kier molecular flexibility index (Phi) is 7.00. The summed E-state index contributed by atoms with van der Waals surface area (Å²) in [6.07, 6.45) is 2.77. The number of ether oxygens (including phenoxy) is 2. The fourth-order valence-electron chi connectivity index (χ4n) is 4.53. The normalized spacial score (nSPS) is 24.7. The van der Waals surface area contributed by atoms with Crippen molar-refractivity contribution in [1.29, 1.82) is 0 Å². The molecule has 2 aromatic carbocycles.